The van der Waals surface area contributed by atoms with Crippen LogP contribution >= 0.6 is 15.9 Å². The molecule has 1 unspecified atom stereocenters. The van der Waals surface area contributed by atoms with Gasteiger partial charge in [-0.05, 0) is 55.2 Å². The molecule has 0 heterocycles. The number of aryl methyl sites for hydroxylation is 2. The van der Waals surface area contributed by atoms with Gasteiger partial charge in [0.15, 0.2) is 0 Å². The first kappa shape index (κ1) is 16.0. The fraction of sp³-hybridized carbons (Fsp3) is 0.294. The standard InChI is InChI=1S/C17H17BrF2O/c1-11-9-17(20)14(10-16(11)19)15(18)8-5-12-3-6-13(21-2)7-4-12/h3-4,6-7,9-10,15H,5,8H2,1-2H3. The van der Waals surface area contributed by atoms with Crippen LogP contribution in [-0.4, -0.2) is 7.11 Å². The van der Waals surface area contributed by atoms with Crippen LogP contribution in [0.1, 0.15) is 27.9 Å². The summed E-state index contributed by atoms with van der Waals surface area (Å²) in [6.45, 7) is 1.56. The minimum Gasteiger partial charge on any atom is -0.497 e. The molecule has 1 nitrogen and oxygen atoms in total. The Hall–Kier alpha value is -1.42. The first-order valence-corrected chi connectivity index (χ1v) is 7.65. The van der Waals surface area contributed by atoms with Gasteiger partial charge in [-0.2, -0.15) is 0 Å². The van der Waals surface area contributed by atoms with Gasteiger partial charge in [0.25, 0.3) is 0 Å². The lowest BCUT2D eigenvalue weighted by Gasteiger charge is -2.12. The van der Waals surface area contributed by atoms with Gasteiger partial charge in [0, 0.05) is 10.4 Å². The molecule has 0 aliphatic carbocycles. The van der Waals surface area contributed by atoms with Crippen molar-refractivity contribution in [1.82, 2.24) is 0 Å². The molecule has 0 aliphatic heterocycles. The van der Waals surface area contributed by atoms with E-state index in [0.29, 0.717) is 17.5 Å². The van der Waals surface area contributed by atoms with E-state index in [0.717, 1.165) is 17.7 Å². The summed E-state index contributed by atoms with van der Waals surface area (Å²) in [6, 6.07) is 10.3. The molecule has 112 valence electrons. The second-order valence-electron chi connectivity index (χ2n) is 4.98. The normalized spacial score (nSPS) is 12.2. The number of methoxy groups -OCH3 is 1. The number of rotatable bonds is 5. The molecule has 0 aliphatic rings. The third-order valence-electron chi connectivity index (χ3n) is 3.46. The Bertz CT molecular complexity index is 611. The van der Waals surface area contributed by atoms with Crippen LogP contribution in [0.5, 0.6) is 5.75 Å². The summed E-state index contributed by atoms with van der Waals surface area (Å²) in [6.07, 6.45) is 1.46. The van der Waals surface area contributed by atoms with E-state index in [1.807, 2.05) is 24.3 Å². The molecule has 2 aromatic rings. The lowest BCUT2D eigenvalue weighted by Crippen LogP contribution is -1.99. The maximum absolute atomic E-state index is 13.9. The highest BCUT2D eigenvalue weighted by molar-refractivity contribution is 9.09. The van der Waals surface area contributed by atoms with Crippen molar-refractivity contribution < 1.29 is 13.5 Å². The molecular formula is C17H17BrF2O. The SMILES string of the molecule is COc1ccc(CCC(Br)c2cc(F)c(C)cc2F)cc1. The second kappa shape index (κ2) is 7.03. The van der Waals surface area contributed by atoms with Gasteiger partial charge in [0.2, 0.25) is 0 Å². The predicted molar refractivity (Wildman–Crippen MR) is 84.1 cm³/mol. The Balaban J connectivity index is 2.04. The largest absolute Gasteiger partial charge is 0.497 e. The molecule has 0 spiro atoms. The van der Waals surface area contributed by atoms with Crippen LogP contribution in [0.15, 0.2) is 36.4 Å². The van der Waals surface area contributed by atoms with Crippen molar-refractivity contribution in [2.75, 3.05) is 7.11 Å². The number of hydrogen-bond donors (Lipinski definition) is 0. The third-order valence-corrected chi connectivity index (χ3v) is 4.41. The average molecular weight is 355 g/mol. The van der Waals surface area contributed by atoms with Crippen molar-refractivity contribution in [2.45, 2.75) is 24.6 Å². The van der Waals surface area contributed by atoms with Crippen LogP contribution in [0.4, 0.5) is 8.78 Å². The van der Waals surface area contributed by atoms with Crippen molar-refractivity contribution in [3.8, 4) is 5.75 Å². The molecular weight excluding hydrogens is 338 g/mol. The van der Waals surface area contributed by atoms with Gasteiger partial charge in [-0.15, -0.1) is 0 Å². The van der Waals surface area contributed by atoms with E-state index in [2.05, 4.69) is 15.9 Å². The summed E-state index contributed by atoms with van der Waals surface area (Å²) in [5.74, 6) is 0.0617. The molecule has 0 saturated heterocycles. The summed E-state index contributed by atoms with van der Waals surface area (Å²) in [4.78, 5) is -0.213. The quantitative estimate of drug-likeness (QED) is 0.657. The van der Waals surface area contributed by atoms with Crippen molar-refractivity contribution in [3.63, 3.8) is 0 Å². The van der Waals surface area contributed by atoms with Gasteiger partial charge in [-0.25, -0.2) is 8.78 Å². The molecule has 0 N–H and O–H groups in total. The number of ether oxygens (including phenoxy) is 1. The van der Waals surface area contributed by atoms with E-state index in [9.17, 15) is 8.78 Å². The van der Waals surface area contributed by atoms with Crippen LogP contribution in [0.2, 0.25) is 0 Å². The van der Waals surface area contributed by atoms with Crippen LogP contribution in [0.3, 0.4) is 0 Å². The summed E-state index contributed by atoms with van der Waals surface area (Å²) in [5, 5.41) is 0. The van der Waals surface area contributed by atoms with Gasteiger partial charge in [-0.3, -0.25) is 0 Å². The Kier molecular flexibility index (Phi) is 5.34. The third kappa shape index (κ3) is 4.03. The molecule has 0 radical (unpaired) electrons. The molecule has 2 aromatic carbocycles. The Morgan fingerprint density at radius 1 is 1.10 bits per heavy atom. The van der Waals surface area contributed by atoms with Crippen molar-refractivity contribution in [2.24, 2.45) is 0 Å². The highest BCUT2D eigenvalue weighted by Gasteiger charge is 2.15. The van der Waals surface area contributed by atoms with Gasteiger partial charge in [0.05, 0.1) is 7.11 Å². The van der Waals surface area contributed by atoms with E-state index >= 15 is 0 Å². The van der Waals surface area contributed by atoms with Gasteiger partial charge in [-0.1, -0.05) is 28.1 Å². The maximum atomic E-state index is 13.9. The Labute approximate surface area is 132 Å². The summed E-state index contributed by atoms with van der Waals surface area (Å²) >= 11 is 3.45. The highest BCUT2D eigenvalue weighted by atomic mass is 79.9. The number of benzene rings is 2. The van der Waals surface area contributed by atoms with Crippen LogP contribution in [0.25, 0.3) is 0 Å². The molecule has 0 saturated carbocycles. The topological polar surface area (TPSA) is 9.23 Å². The van der Waals surface area contributed by atoms with E-state index in [4.69, 9.17) is 4.74 Å². The monoisotopic (exact) mass is 354 g/mol. The van der Waals surface area contributed by atoms with Crippen molar-refractivity contribution >= 4 is 15.9 Å². The van der Waals surface area contributed by atoms with Crippen molar-refractivity contribution in [3.05, 3.63) is 64.7 Å². The minimum absolute atomic E-state index is 0.213. The second-order valence-corrected chi connectivity index (χ2v) is 6.08. The van der Waals surface area contributed by atoms with E-state index in [-0.39, 0.29) is 16.5 Å². The summed E-state index contributed by atoms with van der Waals surface area (Å²) in [5.41, 5.74) is 1.82. The Morgan fingerprint density at radius 3 is 2.38 bits per heavy atom. The van der Waals surface area contributed by atoms with Crippen LogP contribution in [-0.2, 0) is 6.42 Å². The maximum Gasteiger partial charge on any atom is 0.128 e. The zero-order valence-electron chi connectivity index (χ0n) is 12.0. The van der Waals surface area contributed by atoms with Crippen molar-refractivity contribution in [1.29, 1.82) is 0 Å². The molecule has 0 aromatic heterocycles. The number of halogens is 3. The highest BCUT2D eigenvalue weighted by Crippen LogP contribution is 2.31. The van der Waals surface area contributed by atoms with Gasteiger partial charge >= 0.3 is 0 Å². The van der Waals surface area contributed by atoms with Crippen LogP contribution in [0, 0.1) is 18.6 Å². The zero-order valence-corrected chi connectivity index (χ0v) is 13.6. The number of hydrogen-bond acceptors (Lipinski definition) is 1. The van der Waals surface area contributed by atoms with E-state index in [1.54, 1.807) is 14.0 Å². The van der Waals surface area contributed by atoms with E-state index in [1.165, 1.54) is 12.1 Å². The fourth-order valence-electron chi connectivity index (χ4n) is 2.14. The lowest BCUT2D eigenvalue weighted by molar-refractivity contribution is 0.414. The fourth-order valence-corrected chi connectivity index (χ4v) is 2.72. The summed E-state index contributed by atoms with van der Waals surface area (Å²) < 4.78 is 32.6. The van der Waals surface area contributed by atoms with Gasteiger partial charge in [0.1, 0.15) is 17.4 Å². The zero-order chi connectivity index (χ0) is 15.4. The number of alkyl halides is 1. The first-order chi connectivity index (χ1) is 10.0. The first-order valence-electron chi connectivity index (χ1n) is 6.74. The van der Waals surface area contributed by atoms with Gasteiger partial charge < -0.3 is 4.74 Å². The molecule has 0 fully saturated rings. The molecule has 2 rings (SSSR count). The molecule has 0 bridgehead atoms. The molecule has 21 heavy (non-hydrogen) atoms. The minimum atomic E-state index is -0.375. The van der Waals surface area contributed by atoms with E-state index < -0.39 is 0 Å². The average Bonchev–Trinajstić information content (AvgIpc) is 2.49. The smallest absolute Gasteiger partial charge is 0.128 e. The summed E-state index contributed by atoms with van der Waals surface area (Å²) in [7, 11) is 1.62. The molecule has 1 atom stereocenters. The lowest BCUT2D eigenvalue weighted by atomic mass is 10.0. The molecule has 0 amide bonds. The predicted octanol–water partition coefficient (Wildman–Crippen LogP) is 5.35. The Morgan fingerprint density at radius 2 is 1.76 bits per heavy atom. The molecule has 4 heteroatoms. The van der Waals surface area contributed by atoms with Crippen LogP contribution < -0.4 is 4.74 Å².